The van der Waals surface area contributed by atoms with Gasteiger partial charge in [-0.1, -0.05) is 35.5 Å². The smallest absolute Gasteiger partial charge is 0.167 e. The average molecular weight is 308 g/mol. The van der Waals surface area contributed by atoms with E-state index in [1.165, 1.54) is 5.56 Å². The van der Waals surface area contributed by atoms with E-state index in [1.54, 1.807) is 0 Å². The van der Waals surface area contributed by atoms with Crippen LogP contribution in [0.5, 0.6) is 5.75 Å². The van der Waals surface area contributed by atoms with Crippen molar-refractivity contribution in [1.82, 2.24) is 10.5 Å². The van der Waals surface area contributed by atoms with E-state index in [9.17, 15) is 0 Å². The van der Waals surface area contributed by atoms with Crippen LogP contribution in [0.15, 0.2) is 65.2 Å². The van der Waals surface area contributed by atoms with E-state index in [0.29, 0.717) is 13.2 Å². The lowest BCUT2D eigenvalue weighted by atomic mass is 10.1. The summed E-state index contributed by atoms with van der Waals surface area (Å²) in [7, 11) is 1.88. The average Bonchev–Trinajstić information content (AvgIpc) is 3.06. The number of ether oxygens (including phenoxy) is 1. The lowest BCUT2D eigenvalue weighted by molar-refractivity contribution is 0.322. The van der Waals surface area contributed by atoms with Crippen molar-refractivity contribution in [1.29, 1.82) is 0 Å². The van der Waals surface area contributed by atoms with Gasteiger partial charge in [-0.05, 0) is 36.9 Å². The Morgan fingerprint density at radius 3 is 2.57 bits per heavy atom. The molecule has 4 nitrogen and oxygen atoms in total. The SMILES string of the molecule is CNCc1cc(-c2ccc(OCCc3ccccc3)cc2)on1. The van der Waals surface area contributed by atoms with E-state index in [-0.39, 0.29) is 0 Å². The van der Waals surface area contributed by atoms with Crippen molar-refractivity contribution in [2.45, 2.75) is 13.0 Å². The van der Waals surface area contributed by atoms with Gasteiger partial charge in [0.05, 0.1) is 12.3 Å². The number of nitrogens with zero attached hydrogens (tertiary/aromatic N) is 1. The Morgan fingerprint density at radius 2 is 1.83 bits per heavy atom. The van der Waals surface area contributed by atoms with Crippen molar-refractivity contribution in [2.75, 3.05) is 13.7 Å². The van der Waals surface area contributed by atoms with Gasteiger partial charge in [0.25, 0.3) is 0 Å². The van der Waals surface area contributed by atoms with Gasteiger partial charge >= 0.3 is 0 Å². The van der Waals surface area contributed by atoms with Crippen LogP contribution in [0.25, 0.3) is 11.3 Å². The van der Waals surface area contributed by atoms with Crippen LogP contribution in [0.1, 0.15) is 11.3 Å². The highest BCUT2D eigenvalue weighted by atomic mass is 16.5. The van der Waals surface area contributed by atoms with E-state index in [1.807, 2.05) is 55.6 Å². The number of nitrogens with one attached hydrogen (secondary N) is 1. The van der Waals surface area contributed by atoms with E-state index in [2.05, 4.69) is 22.6 Å². The van der Waals surface area contributed by atoms with Gasteiger partial charge in [-0.25, -0.2) is 0 Å². The fraction of sp³-hybridized carbons (Fsp3) is 0.211. The zero-order valence-corrected chi connectivity index (χ0v) is 13.2. The van der Waals surface area contributed by atoms with Crippen molar-refractivity contribution in [2.24, 2.45) is 0 Å². The number of hydrogen-bond acceptors (Lipinski definition) is 4. The third-order valence-corrected chi connectivity index (χ3v) is 3.56. The first-order valence-corrected chi connectivity index (χ1v) is 7.72. The van der Waals surface area contributed by atoms with Crippen molar-refractivity contribution >= 4 is 0 Å². The quantitative estimate of drug-likeness (QED) is 0.723. The second-order valence-electron chi connectivity index (χ2n) is 5.32. The van der Waals surface area contributed by atoms with Gasteiger partial charge in [0, 0.05) is 24.6 Å². The fourth-order valence-corrected chi connectivity index (χ4v) is 2.36. The number of rotatable bonds is 7. The molecule has 0 amide bonds. The van der Waals surface area contributed by atoms with Gasteiger partial charge in [0.1, 0.15) is 5.75 Å². The van der Waals surface area contributed by atoms with Crippen LogP contribution in [-0.4, -0.2) is 18.8 Å². The van der Waals surface area contributed by atoms with Crippen molar-refractivity contribution in [3.8, 4) is 17.1 Å². The highest BCUT2D eigenvalue weighted by Gasteiger charge is 2.06. The minimum atomic E-state index is 0.665. The first-order chi connectivity index (χ1) is 11.3. The van der Waals surface area contributed by atoms with Crippen LogP contribution < -0.4 is 10.1 Å². The summed E-state index contributed by atoms with van der Waals surface area (Å²) in [5.41, 5.74) is 3.17. The van der Waals surface area contributed by atoms with Crippen LogP contribution in [-0.2, 0) is 13.0 Å². The largest absolute Gasteiger partial charge is 0.493 e. The molecular formula is C19H20N2O2. The minimum absolute atomic E-state index is 0.665. The predicted octanol–water partition coefficient (Wildman–Crippen LogP) is 3.68. The standard InChI is InChI=1S/C19H20N2O2/c1-20-14-17-13-19(23-21-17)16-7-9-18(10-8-16)22-12-11-15-5-3-2-4-6-15/h2-10,13,20H,11-12,14H2,1H3. The molecule has 0 saturated heterocycles. The van der Waals surface area contributed by atoms with Crippen LogP contribution >= 0.6 is 0 Å². The maximum atomic E-state index is 5.79. The summed E-state index contributed by atoms with van der Waals surface area (Å²) in [6.45, 7) is 1.36. The third kappa shape index (κ3) is 4.20. The lowest BCUT2D eigenvalue weighted by Gasteiger charge is -2.06. The number of hydrogen-bond donors (Lipinski definition) is 1. The van der Waals surface area contributed by atoms with E-state index >= 15 is 0 Å². The van der Waals surface area contributed by atoms with Gasteiger partial charge in [-0.2, -0.15) is 0 Å². The molecule has 0 atom stereocenters. The summed E-state index contributed by atoms with van der Waals surface area (Å²) in [5, 5.41) is 7.07. The molecule has 1 N–H and O–H groups in total. The second kappa shape index (κ2) is 7.61. The molecule has 1 aromatic heterocycles. The predicted molar refractivity (Wildman–Crippen MR) is 90.3 cm³/mol. The molecule has 0 unspecified atom stereocenters. The molecule has 2 aromatic carbocycles. The highest BCUT2D eigenvalue weighted by molar-refractivity contribution is 5.58. The van der Waals surface area contributed by atoms with Crippen LogP contribution in [0.2, 0.25) is 0 Å². The normalized spacial score (nSPS) is 10.7. The molecule has 1 heterocycles. The Kier molecular flexibility index (Phi) is 5.06. The van der Waals surface area contributed by atoms with Gasteiger partial charge in [0.15, 0.2) is 5.76 Å². The molecule has 0 aliphatic carbocycles. The Hall–Kier alpha value is -2.59. The monoisotopic (exact) mass is 308 g/mol. The van der Waals surface area contributed by atoms with E-state index < -0.39 is 0 Å². The van der Waals surface area contributed by atoms with Crippen LogP contribution in [0, 0.1) is 0 Å². The maximum absolute atomic E-state index is 5.79. The molecule has 0 aliphatic heterocycles. The zero-order chi connectivity index (χ0) is 15.9. The molecule has 3 aromatic rings. The van der Waals surface area contributed by atoms with Crippen molar-refractivity contribution < 1.29 is 9.26 Å². The first kappa shape index (κ1) is 15.3. The Labute approximate surface area is 136 Å². The summed E-state index contributed by atoms with van der Waals surface area (Å²) >= 11 is 0. The summed E-state index contributed by atoms with van der Waals surface area (Å²) in [6.07, 6.45) is 0.901. The lowest BCUT2D eigenvalue weighted by Crippen LogP contribution is -2.04. The van der Waals surface area contributed by atoms with E-state index in [4.69, 9.17) is 9.26 Å². The molecule has 0 saturated carbocycles. The molecule has 0 bridgehead atoms. The Bertz CT molecular complexity index is 721. The summed E-state index contributed by atoms with van der Waals surface area (Å²) in [5.74, 6) is 1.63. The second-order valence-corrected chi connectivity index (χ2v) is 5.32. The van der Waals surface area contributed by atoms with Crippen LogP contribution in [0.3, 0.4) is 0 Å². The molecule has 0 radical (unpaired) electrons. The Balaban J connectivity index is 1.56. The summed E-state index contributed by atoms with van der Waals surface area (Å²) in [6, 6.07) is 20.2. The number of aromatic nitrogens is 1. The highest BCUT2D eigenvalue weighted by Crippen LogP contribution is 2.23. The molecule has 0 spiro atoms. The fourth-order valence-electron chi connectivity index (χ4n) is 2.36. The van der Waals surface area contributed by atoms with Gasteiger partial charge in [0.2, 0.25) is 0 Å². The summed E-state index contributed by atoms with van der Waals surface area (Å²) < 4.78 is 11.1. The topological polar surface area (TPSA) is 47.3 Å². The molecule has 0 fully saturated rings. The van der Waals surface area contributed by atoms with Crippen molar-refractivity contribution in [3.05, 3.63) is 71.9 Å². The molecular weight excluding hydrogens is 288 g/mol. The first-order valence-electron chi connectivity index (χ1n) is 7.72. The zero-order valence-electron chi connectivity index (χ0n) is 13.2. The molecule has 118 valence electrons. The molecule has 4 heteroatoms. The molecule has 3 rings (SSSR count). The third-order valence-electron chi connectivity index (χ3n) is 3.56. The molecule has 23 heavy (non-hydrogen) atoms. The Morgan fingerprint density at radius 1 is 1.04 bits per heavy atom. The van der Waals surface area contributed by atoms with Crippen LogP contribution in [0.4, 0.5) is 0 Å². The number of benzene rings is 2. The van der Waals surface area contributed by atoms with Gasteiger partial charge < -0.3 is 14.6 Å². The maximum Gasteiger partial charge on any atom is 0.167 e. The summed E-state index contributed by atoms with van der Waals surface area (Å²) in [4.78, 5) is 0. The van der Waals surface area contributed by atoms with Gasteiger partial charge in [-0.3, -0.25) is 0 Å². The van der Waals surface area contributed by atoms with E-state index in [0.717, 1.165) is 29.2 Å². The van der Waals surface area contributed by atoms with Gasteiger partial charge in [-0.15, -0.1) is 0 Å². The molecule has 0 aliphatic rings. The minimum Gasteiger partial charge on any atom is -0.493 e. The van der Waals surface area contributed by atoms with Crippen molar-refractivity contribution in [3.63, 3.8) is 0 Å².